The van der Waals surface area contributed by atoms with Gasteiger partial charge < -0.3 is 0 Å². The molecule has 0 amide bonds. The average Bonchev–Trinajstić information content (AvgIpc) is 2.17. The Hall–Kier alpha value is -0.370. The van der Waals surface area contributed by atoms with Crippen LogP contribution in [0.15, 0.2) is 16.7 Å². The molecule has 0 bridgehead atoms. The van der Waals surface area contributed by atoms with E-state index in [1.807, 2.05) is 0 Å². The second-order valence-electron chi connectivity index (χ2n) is 3.68. The molecule has 1 nitrogen and oxygen atoms in total. The fourth-order valence-corrected chi connectivity index (χ4v) is 2.44. The van der Waals surface area contributed by atoms with E-state index in [1.54, 1.807) is 0 Å². The van der Waals surface area contributed by atoms with Gasteiger partial charge in [0.05, 0.1) is 0 Å². The quantitative estimate of drug-likeness (QED) is 0.682. The Bertz CT molecular complexity index is 309. The van der Waals surface area contributed by atoms with Gasteiger partial charge in [-0.2, -0.15) is 0 Å². The van der Waals surface area contributed by atoms with Crippen LogP contribution in [0.3, 0.4) is 0 Å². The van der Waals surface area contributed by atoms with Crippen LogP contribution in [-0.2, 0) is 6.42 Å². The van der Waals surface area contributed by atoms with E-state index < -0.39 is 0 Å². The molecular formula is C11H14BrN. The summed E-state index contributed by atoms with van der Waals surface area (Å²) in [5, 5.41) is 0. The molecule has 1 aromatic heterocycles. The van der Waals surface area contributed by atoms with Gasteiger partial charge in [0.2, 0.25) is 0 Å². The van der Waals surface area contributed by atoms with Gasteiger partial charge in [-0.3, -0.25) is 0 Å². The number of hydrogen-bond donors (Lipinski definition) is 0. The highest BCUT2D eigenvalue weighted by Crippen LogP contribution is 2.32. The first kappa shape index (κ1) is 9.20. The fraction of sp³-hybridized carbons (Fsp3) is 0.545. The maximum atomic E-state index is 4.58. The van der Waals surface area contributed by atoms with E-state index in [9.17, 15) is 0 Å². The zero-order chi connectivity index (χ0) is 9.26. The summed E-state index contributed by atoms with van der Waals surface area (Å²) in [5.74, 6) is 0.696. The van der Waals surface area contributed by atoms with Crippen molar-refractivity contribution in [2.45, 2.75) is 38.5 Å². The van der Waals surface area contributed by atoms with Crippen molar-refractivity contribution in [3.63, 3.8) is 0 Å². The summed E-state index contributed by atoms with van der Waals surface area (Å²) in [5.41, 5.74) is 2.80. The number of aryl methyl sites for hydroxylation is 1. The highest BCUT2D eigenvalue weighted by atomic mass is 79.9. The van der Waals surface area contributed by atoms with Gasteiger partial charge in [0.25, 0.3) is 0 Å². The molecule has 0 aromatic carbocycles. The van der Waals surface area contributed by atoms with Crippen LogP contribution in [0, 0.1) is 0 Å². The van der Waals surface area contributed by atoms with Gasteiger partial charge in [0.15, 0.2) is 0 Å². The van der Waals surface area contributed by atoms with Gasteiger partial charge in [-0.15, -0.1) is 0 Å². The molecular weight excluding hydrogens is 226 g/mol. The molecule has 0 spiro atoms. The number of pyridine rings is 1. The van der Waals surface area contributed by atoms with Gasteiger partial charge in [-0.25, -0.2) is 4.98 Å². The van der Waals surface area contributed by atoms with Crippen molar-refractivity contribution in [1.29, 1.82) is 0 Å². The van der Waals surface area contributed by atoms with E-state index >= 15 is 0 Å². The van der Waals surface area contributed by atoms with Crippen molar-refractivity contribution in [2.75, 3.05) is 0 Å². The van der Waals surface area contributed by atoms with E-state index in [0.29, 0.717) is 5.92 Å². The van der Waals surface area contributed by atoms with E-state index in [1.165, 1.54) is 36.9 Å². The lowest BCUT2D eigenvalue weighted by atomic mass is 9.85. The van der Waals surface area contributed by atoms with Crippen molar-refractivity contribution < 1.29 is 0 Å². The zero-order valence-corrected chi connectivity index (χ0v) is 9.47. The minimum atomic E-state index is 0.696. The summed E-state index contributed by atoms with van der Waals surface area (Å²) in [6, 6.07) is 4.27. The summed E-state index contributed by atoms with van der Waals surface area (Å²) in [7, 11) is 0. The van der Waals surface area contributed by atoms with Crippen molar-refractivity contribution >= 4 is 15.9 Å². The molecule has 0 fully saturated rings. The third-order valence-electron chi connectivity index (χ3n) is 2.86. The Balaban J connectivity index is 2.41. The summed E-state index contributed by atoms with van der Waals surface area (Å²) in [4.78, 5) is 4.58. The number of halogens is 1. The first-order chi connectivity index (χ1) is 6.31. The maximum absolute atomic E-state index is 4.58. The summed E-state index contributed by atoms with van der Waals surface area (Å²) >= 11 is 3.44. The Kier molecular flexibility index (Phi) is 2.68. The van der Waals surface area contributed by atoms with Crippen LogP contribution in [0.2, 0.25) is 0 Å². The monoisotopic (exact) mass is 239 g/mol. The molecule has 0 radical (unpaired) electrons. The number of rotatable bonds is 1. The van der Waals surface area contributed by atoms with Crippen molar-refractivity contribution in [2.24, 2.45) is 0 Å². The summed E-state index contributed by atoms with van der Waals surface area (Å²) in [6.45, 7) is 2.25. The van der Waals surface area contributed by atoms with Crippen molar-refractivity contribution in [3.05, 3.63) is 28.0 Å². The highest BCUT2D eigenvalue weighted by Gasteiger charge is 2.19. The van der Waals surface area contributed by atoms with Crippen LogP contribution >= 0.6 is 15.9 Å². The molecule has 2 heteroatoms. The van der Waals surface area contributed by atoms with Crippen LogP contribution in [0.5, 0.6) is 0 Å². The number of aromatic nitrogens is 1. The normalized spacial score (nSPS) is 21.2. The maximum Gasteiger partial charge on any atom is 0.106 e. The summed E-state index contributed by atoms with van der Waals surface area (Å²) < 4.78 is 0.978. The molecule has 1 atom stereocenters. The predicted octanol–water partition coefficient (Wildman–Crippen LogP) is 3.67. The molecule has 13 heavy (non-hydrogen) atoms. The minimum absolute atomic E-state index is 0.696. The number of hydrogen-bond acceptors (Lipinski definition) is 1. The van der Waals surface area contributed by atoms with E-state index in [-0.39, 0.29) is 0 Å². The number of fused-ring (bicyclic) bond motifs is 1. The highest BCUT2D eigenvalue weighted by molar-refractivity contribution is 9.10. The summed E-state index contributed by atoms with van der Waals surface area (Å²) in [6.07, 6.45) is 5.07. The smallest absolute Gasteiger partial charge is 0.106 e. The molecule has 1 unspecified atom stereocenters. The predicted molar refractivity (Wildman–Crippen MR) is 57.9 cm³/mol. The van der Waals surface area contributed by atoms with Gasteiger partial charge >= 0.3 is 0 Å². The molecule has 70 valence electrons. The Morgan fingerprint density at radius 2 is 2.38 bits per heavy atom. The van der Waals surface area contributed by atoms with Crippen LogP contribution in [0.4, 0.5) is 0 Å². The Labute approximate surface area is 87.7 Å². The first-order valence-electron chi connectivity index (χ1n) is 4.96. The van der Waals surface area contributed by atoms with Crippen LogP contribution in [0.25, 0.3) is 0 Å². The first-order valence-corrected chi connectivity index (χ1v) is 5.76. The molecule has 2 rings (SSSR count). The molecule has 1 aromatic rings. The molecule has 1 aliphatic carbocycles. The zero-order valence-electron chi connectivity index (χ0n) is 7.89. The van der Waals surface area contributed by atoms with Gasteiger partial charge in [-0.1, -0.05) is 13.0 Å². The van der Waals surface area contributed by atoms with E-state index in [0.717, 1.165) is 4.60 Å². The molecule has 1 heterocycles. The minimum Gasteiger partial charge on any atom is -0.245 e. The third-order valence-corrected chi connectivity index (χ3v) is 3.30. The van der Waals surface area contributed by atoms with Crippen LogP contribution in [-0.4, -0.2) is 4.98 Å². The van der Waals surface area contributed by atoms with Gasteiger partial charge in [-0.05, 0) is 53.2 Å². The average molecular weight is 240 g/mol. The number of nitrogens with zero attached hydrogens (tertiary/aromatic N) is 1. The molecule has 0 saturated carbocycles. The molecule has 1 aliphatic rings. The Morgan fingerprint density at radius 3 is 3.15 bits per heavy atom. The van der Waals surface area contributed by atoms with Crippen LogP contribution in [0.1, 0.15) is 43.4 Å². The molecule has 0 N–H and O–H groups in total. The lowest BCUT2D eigenvalue weighted by molar-refractivity contribution is 0.524. The van der Waals surface area contributed by atoms with Crippen molar-refractivity contribution in [1.82, 2.24) is 4.98 Å². The standard InChI is InChI=1S/C11H14BrN/c1-2-8-4-3-5-9-6-7-10(12)13-11(8)9/h6-8H,2-5H2,1H3. The van der Waals surface area contributed by atoms with Gasteiger partial charge in [0, 0.05) is 11.6 Å². The fourth-order valence-electron chi connectivity index (χ4n) is 2.12. The third kappa shape index (κ3) is 1.78. The van der Waals surface area contributed by atoms with Crippen LogP contribution < -0.4 is 0 Å². The molecule has 0 aliphatic heterocycles. The SMILES string of the molecule is CCC1CCCc2ccc(Br)nc21. The topological polar surface area (TPSA) is 12.9 Å². The van der Waals surface area contributed by atoms with E-state index in [2.05, 4.69) is 40.0 Å². The van der Waals surface area contributed by atoms with Gasteiger partial charge in [0.1, 0.15) is 4.60 Å². The lowest BCUT2D eigenvalue weighted by Crippen LogP contribution is -2.11. The second-order valence-corrected chi connectivity index (χ2v) is 4.49. The largest absolute Gasteiger partial charge is 0.245 e. The lowest BCUT2D eigenvalue weighted by Gasteiger charge is -2.23. The Morgan fingerprint density at radius 1 is 1.54 bits per heavy atom. The second kappa shape index (κ2) is 3.79. The van der Waals surface area contributed by atoms with Crippen molar-refractivity contribution in [3.8, 4) is 0 Å². The molecule has 0 saturated heterocycles. The van der Waals surface area contributed by atoms with E-state index in [4.69, 9.17) is 0 Å².